The third-order valence-electron chi connectivity index (χ3n) is 6.93. The number of hydrogen-bond donors (Lipinski definition) is 0. The highest BCUT2D eigenvalue weighted by molar-refractivity contribution is 6.01. The molecule has 0 N–H and O–H groups in total. The zero-order valence-electron chi connectivity index (χ0n) is 19.7. The number of anilines is 1. The summed E-state index contributed by atoms with van der Waals surface area (Å²) in [5.41, 5.74) is 3.82. The first-order chi connectivity index (χ1) is 16.9. The van der Waals surface area contributed by atoms with Gasteiger partial charge in [0.1, 0.15) is 17.8 Å². The fourth-order valence-corrected chi connectivity index (χ4v) is 5.20. The maximum Gasteiger partial charge on any atom is 0.248 e. The maximum atomic E-state index is 14.0. The molecule has 2 heterocycles. The topological polar surface area (TPSA) is 88.3 Å². The fraction of sp³-hybridized carbons (Fsp3) is 0.259. The quantitative estimate of drug-likeness (QED) is 0.306. The highest BCUT2D eigenvalue weighted by Gasteiger charge is 2.60. The zero-order chi connectivity index (χ0) is 24.7. The van der Waals surface area contributed by atoms with Gasteiger partial charge in [0.15, 0.2) is 5.78 Å². The molecule has 0 aliphatic carbocycles. The van der Waals surface area contributed by atoms with Gasteiger partial charge in [0, 0.05) is 35.8 Å². The molecule has 3 aromatic rings. The van der Waals surface area contributed by atoms with E-state index in [2.05, 4.69) is 5.10 Å². The Hall–Kier alpha value is -4.20. The fourth-order valence-electron chi connectivity index (χ4n) is 5.20. The van der Waals surface area contributed by atoms with Gasteiger partial charge < -0.3 is 9.64 Å². The van der Waals surface area contributed by atoms with Crippen molar-refractivity contribution < 1.29 is 14.5 Å². The van der Waals surface area contributed by atoms with Crippen molar-refractivity contribution in [3.05, 3.63) is 105 Å². The van der Waals surface area contributed by atoms with Gasteiger partial charge >= 0.3 is 0 Å². The summed E-state index contributed by atoms with van der Waals surface area (Å²) in [6.45, 7) is 0. The summed E-state index contributed by atoms with van der Waals surface area (Å²) in [4.78, 5) is 28.3. The van der Waals surface area contributed by atoms with Crippen molar-refractivity contribution in [2.24, 2.45) is 5.10 Å². The number of methoxy groups -OCH3 is 1. The summed E-state index contributed by atoms with van der Waals surface area (Å²) in [5, 5.41) is 18.8. The number of nitro groups is 1. The van der Waals surface area contributed by atoms with Crippen molar-refractivity contribution in [1.29, 1.82) is 0 Å². The van der Waals surface area contributed by atoms with E-state index >= 15 is 0 Å². The van der Waals surface area contributed by atoms with Crippen LogP contribution in [0.4, 0.5) is 5.69 Å². The molecule has 5 rings (SSSR count). The lowest BCUT2D eigenvalue weighted by Crippen LogP contribution is -2.38. The van der Waals surface area contributed by atoms with Crippen molar-refractivity contribution in [3.63, 3.8) is 0 Å². The summed E-state index contributed by atoms with van der Waals surface area (Å²) in [5.74, 6) is -0.265. The number of benzene rings is 3. The summed E-state index contributed by atoms with van der Waals surface area (Å²) >= 11 is 0. The van der Waals surface area contributed by atoms with E-state index in [-0.39, 0.29) is 10.7 Å². The molecular formula is C27H26N4O4. The summed E-state index contributed by atoms with van der Waals surface area (Å²) in [6, 6.07) is 19.5. The Labute approximate surface area is 203 Å². The maximum absolute atomic E-state index is 14.0. The first kappa shape index (κ1) is 22.6. The molecule has 35 heavy (non-hydrogen) atoms. The van der Waals surface area contributed by atoms with Crippen molar-refractivity contribution in [1.82, 2.24) is 5.01 Å². The van der Waals surface area contributed by atoms with E-state index in [1.807, 2.05) is 67.5 Å². The molecule has 8 heteroatoms. The lowest BCUT2D eigenvalue weighted by atomic mass is 9.82. The number of Topliss-reactive ketones (excluding diaryl/α,β-unsaturated/α-hetero) is 1. The zero-order valence-corrected chi connectivity index (χ0v) is 19.7. The van der Waals surface area contributed by atoms with E-state index in [0.29, 0.717) is 11.3 Å². The van der Waals surface area contributed by atoms with Crippen LogP contribution < -0.4 is 9.64 Å². The first-order valence-corrected chi connectivity index (χ1v) is 11.4. The molecule has 0 aromatic heterocycles. The van der Waals surface area contributed by atoms with Crippen molar-refractivity contribution in [3.8, 4) is 5.75 Å². The second-order valence-corrected chi connectivity index (χ2v) is 9.02. The molecule has 0 bridgehead atoms. The minimum absolute atomic E-state index is 0.208. The number of nitrogens with zero attached hydrogens (tertiary/aromatic N) is 4. The third-order valence-corrected chi connectivity index (χ3v) is 6.93. The predicted octanol–water partition coefficient (Wildman–Crippen LogP) is 4.15. The number of hydrogen-bond acceptors (Lipinski definition) is 7. The van der Waals surface area contributed by atoms with E-state index in [0.717, 1.165) is 22.4 Å². The summed E-state index contributed by atoms with van der Waals surface area (Å²) < 4.78 is 5.23. The molecule has 2 aliphatic rings. The normalized spacial score (nSPS) is 22.3. The van der Waals surface area contributed by atoms with Crippen molar-refractivity contribution in [2.75, 3.05) is 26.1 Å². The van der Waals surface area contributed by atoms with Crippen LogP contribution in [-0.2, 0) is 0 Å². The Bertz CT molecular complexity index is 1290. The summed E-state index contributed by atoms with van der Waals surface area (Å²) in [6.07, 6.45) is 1.69. The highest BCUT2D eigenvalue weighted by atomic mass is 16.6. The van der Waals surface area contributed by atoms with Gasteiger partial charge in [-0.25, -0.2) is 0 Å². The van der Waals surface area contributed by atoms with Gasteiger partial charge in [-0.2, -0.15) is 5.10 Å². The molecule has 0 spiro atoms. The number of carbonyl (C=O) groups excluding carboxylic acids is 1. The molecule has 2 aliphatic heterocycles. The molecule has 178 valence electrons. The monoisotopic (exact) mass is 470 g/mol. The molecule has 0 saturated carbocycles. The van der Waals surface area contributed by atoms with Crippen LogP contribution in [-0.4, -0.2) is 55.2 Å². The number of ketones is 1. The second-order valence-electron chi connectivity index (χ2n) is 9.02. The van der Waals surface area contributed by atoms with Gasteiger partial charge in [0.2, 0.25) is 6.04 Å². The molecule has 0 radical (unpaired) electrons. The van der Waals surface area contributed by atoms with Crippen LogP contribution in [0.15, 0.2) is 77.9 Å². The molecule has 1 fully saturated rings. The van der Waals surface area contributed by atoms with Gasteiger partial charge in [-0.1, -0.05) is 36.4 Å². The van der Waals surface area contributed by atoms with E-state index in [1.165, 1.54) is 0 Å². The number of fused-ring (bicyclic) bond motifs is 3. The Balaban J connectivity index is 1.66. The Kier molecular flexibility index (Phi) is 5.72. The van der Waals surface area contributed by atoms with E-state index < -0.39 is 24.0 Å². The predicted molar refractivity (Wildman–Crippen MR) is 134 cm³/mol. The molecule has 1 saturated heterocycles. The third kappa shape index (κ3) is 3.80. The van der Waals surface area contributed by atoms with Crippen molar-refractivity contribution in [2.45, 2.75) is 24.0 Å². The van der Waals surface area contributed by atoms with E-state index in [4.69, 9.17) is 4.74 Å². The van der Waals surface area contributed by atoms with Crippen LogP contribution in [0.25, 0.3) is 0 Å². The smallest absolute Gasteiger partial charge is 0.248 e. The van der Waals surface area contributed by atoms with Gasteiger partial charge in [-0.3, -0.25) is 19.9 Å². The summed E-state index contributed by atoms with van der Waals surface area (Å²) in [7, 11) is 5.44. The standard InChI is InChI=1S/C27H26N4O4/c1-29(2)20-12-8-17(9-13-20)23-25(31(33)34)24-22-7-5-4-6-19(22)16-28-30(24)26(23)27(32)18-10-14-21(35-3)15-11-18/h4-16,23-26H,1-3H3. The van der Waals surface area contributed by atoms with Gasteiger partial charge in [0.05, 0.1) is 19.2 Å². The average Bonchev–Trinajstić information content (AvgIpc) is 3.24. The van der Waals surface area contributed by atoms with Crippen LogP contribution in [0.1, 0.15) is 39.0 Å². The molecule has 3 aromatic carbocycles. The van der Waals surface area contributed by atoms with Gasteiger partial charge in [-0.05, 0) is 47.5 Å². The first-order valence-electron chi connectivity index (χ1n) is 11.4. The lowest BCUT2D eigenvalue weighted by molar-refractivity contribution is -0.529. The van der Waals surface area contributed by atoms with Crippen LogP contribution in [0.2, 0.25) is 0 Å². The molecule has 4 unspecified atom stereocenters. The van der Waals surface area contributed by atoms with Gasteiger partial charge in [0.25, 0.3) is 0 Å². The van der Waals surface area contributed by atoms with E-state index in [9.17, 15) is 14.9 Å². The van der Waals surface area contributed by atoms with Crippen LogP contribution in [0, 0.1) is 10.1 Å². The Morgan fingerprint density at radius 3 is 2.34 bits per heavy atom. The minimum Gasteiger partial charge on any atom is -0.497 e. The molecule has 8 nitrogen and oxygen atoms in total. The highest BCUT2D eigenvalue weighted by Crippen LogP contribution is 2.49. The lowest BCUT2D eigenvalue weighted by Gasteiger charge is -2.30. The second kappa shape index (κ2) is 8.87. The molecular weight excluding hydrogens is 444 g/mol. The minimum atomic E-state index is -1.05. The molecule has 0 amide bonds. The van der Waals surface area contributed by atoms with Crippen molar-refractivity contribution >= 4 is 17.7 Å². The SMILES string of the molecule is COc1ccc(C(=O)C2C(c3ccc(N(C)C)cc3)C([N+](=O)[O-])C3c4ccccc4C=NN23)cc1. The van der Waals surface area contributed by atoms with Crippen LogP contribution in [0.5, 0.6) is 5.75 Å². The van der Waals surface area contributed by atoms with E-state index in [1.54, 1.807) is 42.6 Å². The molecule has 4 atom stereocenters. The average molecular weight is 471 g/mol. The Morgan fingerprint density at radius 1 is 1.03 bits per heavy atom. The largest absolute Gasteiger partial charge is 0.497 e. The van der Waals surface area contributed by atoms with Crippen LogP contribution >= 0.6 is 0 Å². The van der Waals surface area contributed by atoms with Crippen LogP contribution in [0.3, 0.4) is 0 Å². The van der Waals surface area contributed by atoms with Gasteiger partial charge in [-0.15, -0.1) is 0 Å². The number of rotatable bonds is 6. The number of carbonyl (C=O) groups is 1. The number of ether oxygens (including phenoxy) is 1. The number of hydrazone groups is 1. The Morgan fingerprint density at radius 2 is 1.71 bits per heavy atom.